The Kier molecular flexibility index (Phi) is 12.0. The summed E-state index contributed by atoms with van der Waals surface area (Å²) in [7, 11) is 1.57. The molecule has 0 saturated carbocycles. The molecule has 0 radical (unpaired) electrons. The van der Waals surface area contributed by atoms with Gasteiger partial charge in [-0.25, -0.2) is 9.48 Å². The molecule has 1 unspecified atom stereocenters. The van der Waals surface area contributed by atoms with E-state index in [1.54, 1.807) is 12.0 Å². The number of carbonyl (C=O) groups excluding carboxylic acids is 4. The molecule has 15 nitrogen and oxygen atoms in total. The van der Waals surface area contributed by atoms with Gasteiger partial charge in [0.25, 0.3) is 11.8 Å². The van der Waals surface area contributed by atoms with Crippen LogP contribution in [0, 0.1) is 5.92 Å². The molecule has 15 heteroatoms. The highest BCUT2D eigenvalue weighted by Crippen LogP contribution is 2.37. The molecule has 4 aliphatic heterocycles. The normalized spacial score (nSPS) is 17.3. The number of rotatable bonds is 11. The van der Waals surface area contributed by atoms with Crippen molar-refractivity contribution < 1.29 is 23.9 Å². The zero-order chi connectivity index (χ0) is 46.2. The molecule has 10 rings (SSSR count). The van der Waals surface area contributed by atoms with Crippen LogP contribution in [-0.4, -0.2) is 97.9 Å². The molecule has 4 aliphatic rings. The van der Waals surface area contributed by atoms with Gasteiger partial charge in [-0.3, -0.25) is 29.5 Å². The first kappa shape index (κ1) is 43.5. The molecule has 6 aromatic rings. The maximum absolute atomic E-state index is 13.6. The van der Waals surface area contributed by atoms with Crippen LogP contribution in [-0.2, 0) is 17.8 Å². The standard InChI is InChI=1S/C52H56N10O5/c1-33(54-51(65)46-42-6-4-3-5-36(42)11-18-44(46)67-2)35-7-9-37(10-8-35)48-47(49(53)64)50-55-43-17-16-41(31-38(43)21-26-62(50)57-48)60-29-27-58(28-30-60)32-34-19-23-59(24-20-34)39-12-14-40(15-13-39)61-25-22-45(63)56-52(61)66/h3-18,31,33-34,55H,19-30,32H2,1-2H3,(H2,53,64)(H,54,65)(H,56,63,66). The molecule has 0 bridgehead atoms. The van der Waals surface area contributed by atoms with Crippen LogP contribution in [0.15, 0.2) is 103 Å². The topological polar surface area (TPSA) is 170 Å². The number of amides is 5. The number of urea groups is 1. The molecule has 1 aromatic heterocycles. The summed E-state index contributed by atoms with van der Waals surface area (Å²) in [5.41, 5.74) is 14.4. The van der Waals surface area contributed by atoms with Crippen molar-refractivity contribution in [1.82, 2.24) is 25.3 Å². The summed E-state index contributed by atoms with van der Waals surface area (Å²) in [4.78, 5) is 59.7. The van der Waals surface area contributed by atoms with Gasteiger partial charge in [-0.1, -0.05) is 54.6 Å². The van der Waals surface area contributed by atoms with Crippen LogP contribution < -0.4 is 41.1 Å². The fourth-order valence-corrected chi connectivity index (χ4v) is 10.2. The van der Waals surface area contributed by atoms with Crippen LogP contribution in [0.2, 0.25) is 0 Å². The second-order valence-corrected chi connectivity index (χ2v) is 18.0. The number of nitrogens with one attached hydrogen (secondary N) is 3. The summed E-state index contributed by atoms with van der Waals surface area (Å²) in [6.45, 7) is 9.99. The van der Waals surface area contributed by atoms with E-state index < -0.39 is 5.91 Å². The van der Waals surface area contributed by atoms with Crippen LogP contribution >= 0.6 is 0 Å². The molecule has 5 N–H and O–H groups in total. The Labute approximate surface area is 389 Å². The van der Waals surface area contributed by atoms with Gasteiger partial charge in [-0.05, 0) is 103 Å². The van der Waals surface area contributed by atoms with Crippen LogP contribution in [0.25, 0.3) is 22.0 Å². The summed E-state index contributed by atoms with van der Waals surface area (Å²) < 4.78 is 7.42. The highest BCUT2D eigenvalue weighted by Gasteiger charge is 2.29. The first-order valence-corrected chi connectivity index (χ1v) is 23.3. The number of ether oxygens (including phenoxy) is 1. The Balaban J connectivity index is 0.736. The number of piperidine rings is 1. The van der Waals surface area contributed by atoms with Crippen molar-refractivity contribution >= 4 is 63.1 Å². The smallest absolute Gasteiger partial charge is 0.328 e. The van der Waals surface area contributed by atoms with Gasteiger partial charge in [-0.2, -0.15) is 5.10 Å². The maximum atomic E-state index is 13.6. The van der Waals surface area contributed by atoms with Crippen molar-refractivity contribution in [3.8, 4) is 17.0 Å². The van der Waals surface area contributed by atoms with Gasteiger partial charge in [0.15, 0.2) is 0 Å². The van der Waals surface area contributed by atoms with E-state index in [0.29, 0.717) is 53.8 Å². The molecular formula is C52H56N10O5. The molecule has 5 amide bonds. The Hall–Kier alpha value is -7.39. The number of hydrogen-bond donors (Lipinski definition) is 4. The van der Waals surface area contributed by atoms with E-state index in [-0.39, 0.29) is 23.9 Å². The number of anilines is 5. The zero-order valence-electron chi connectivity index (χ0n) is 38.0. The van der Waals surface area contributed by atoms with Gasteiger partial charge < -0.3 is 30.9 Å². The lowest BCUT2D eigenvalue weighted by Gasteiger charge is -2.40. The number of nitrogens with zero attached hydrogens (tertiary/aromatic N) is 6. The van der Waals surface area contributed by atoms with E-state index in [0.717, 1.165) is 98.3 Å². The molecule has 0 aliphatic carbocycles. The minimum Gasteiger partial charge on any atom is -0.496 e. The van der Waals surface area contributed by atoms with Crippen molar-refractivity contribution in [2.75, 3.05) is 79.5 Å². The van der Waals surface area contributed by atoms with Gasteiger partial charge in [0, 0.05) is 93.6 Å². The third-order valence-electron chi connectivity index (χ3n) is 14.0. The van der Waals surface area contributed by atoms with Gasteiger partial charge >= 0.3 is 6.03 Å². The summed E-state index contributed by atoms with van der Waals surface area (Å²) in [6.07, 6.45) is 3.34. The van der Waals surface area contributed by atoms with Crippen LogP contribution in [0.5, 0.6) is 5.75 Å². The van der Waals surface area contributed by atoms with Crippen LogP contribution in [0.4, 0.5) is 33.4 Å². The maximum Gasteiger partial charge on any atom is 0.328 e. The van der Waals surface area contributed by atoms with E-state index in [4.69, 9.17) is 15.6 Å². The Bertz CT molecular complexity index is 2850. The molecule has 3 fully saturated rings. The number of fused-ring (bicyclic) bond motifs is 3. The molecule has 5 aromatic carbocycles. The summed E-state index contributed by atoms with van der Waals surface area (Å²) >= 11 is 0. The van der Waals surface area contributed by atoms with Gasteiger partial charge in [0.2, 0.25) is 5.91 Å². The zero-order valence-corrected chi connectivity index (χ0v) is 38.0. The lowest BCUT2D eigenvalue weighted by Crippen LogP contribution is -2.49. The van der Waals surface area contributed by atoms with E-state index in [1.165, 1.54) is 16.9 Å². The number of nitrogens with two attached hydrogens (primary N) is 1. The summed E-state index contributed by atoms with van der Waals surface area (Å²) in [5, 5.41) is 15.8. The van der Waals surface area contributed by atoms with E-state index in [9.17, 15) is 19.2 Å². The minimum absolute atomic E-state index is 0.225. The van der Waals surface area contributed by atoms with Crippen molar-refractivity contribution in [2.45, 2.75) is 45.2 Å². The predicted octanol–water partition coefficient (Wildman–Crippen LogP) is 7.09. The van der Waals surface area contributed by atoms with E-state index >= 15 is 0 Å². The quantitative estimate of drug-likeness (QED) is 0.105. The number of imide groups is 1. The number of primary amides is 1. The lowest BCUT2D eigenvalue weighted by atomic mass is 9.95. The highest BCUT2D eigenvalue weighted by molar-refractivity contribution is 6.10. The fourth-order valence-electron chi connectivity index (χ4n) is 10.2. The molecular weight excluding hydrogens is 845 g/mol. The average Bonchev–Trinajstić information content (AvgIpc) is 3.62. The molecule has 1 atom stereocenters. The third-order valence-corrected chi connectivity index (χ3v) is 14.0. The fraction of sp³-hybridized carbons (Fsp3) is 0.327. The lowest BCUT2D eigenvalue weighted by molar-refractivity contribution is -0.120. The average molecular weight is 901 g/mol. The molecule has 67 heavy (non-hydrogen) atoms. The number of methoxy groups -OCH3 is 1. The van der Waals surface area contributed by atoms with Crippen molar-refractivity contribution in [1.29, 1.82) is 0 Å². The Morgan fingerprint density at radius 1 is 0.776 bits per heavy atom. The van der Waals surface area contributed by atoms with Gasteiger partial charge in [0.1, 0.15) is 22.8 Å². The molecule has 344 valence electrons. The molecule has 5 heterocycles. The van der Waals surface area contributed by atoms with E-state index in [1.807, 2.05) is 84.4 Å². The largest absolute Gasteiger partial charge is 0.496 e. The van der Waals surface area contributed by atoms with Crippen molar-refractivity contribution in [3.63, 3.8) is 0 Å². The number of aromatic nitrogens is 2. The summed E-state index contributed by atoms with van der Waals surface area (Å²) in [5.74, 6) is 0.744. The molecule has 0 spiro atoms. The first-order chi connectivity index (χ1) is 32.6. The molecule has 3 saturated heterocycles. The van der Waals surface area contributed by atoms with Crippen LogP contribution in [0.3, 0.4) is 0 Å². The Morgan fingerprint density at radius 2 is 1.49 bits per heavy atom. The summed E-state index contributed by atoms with van der Waals surface area (Å²) in [6, 6.07) is 33.2. The van der Waals surface area contributed by atoms with Gasteiger partial charge in [0.05, 0.1) is 18.7 Å². The monoisotopic (exact) mass is 900 g/mol. The first-order valence-electron chi connectivity index (χ1n) is 23.3. The predicted molar refractivity (Wildman–Crippen MR) is 262 cm³/mol. The van der Waals surface area contributed by atoms with Crippen molar-refractivity contribution in [2.24, 2.45) is 11.7 Å². The third kappa shape index (κ3) is 8.86. The Morgan fingerprint density at radius 3 is 2.22 bits per heavy atom. The minimum atomic E-state index is -0.558. The van der Waals surface area contributed by atoms with Gasteiger partial charge in [-0.15, -0.1) is 0 Å². The number of carbonyl (C=O) groups is 4. The number of aryl methyl sites for hydroxylation is 2. The highest BCUT2D eigenvalue weighted by atomic mass is 16.5. The second kappa shape index (κ2) is 18.5. The second-order valence-electron chi connectivity index (χ2n) is 18.0. The number of piperazine rings is 1. The SMILES string of the molecule is COc1ccc2ccccc2c1C(=O)NC(C)c1ccc(-c2nn3c(c2C(N)=O)Nc2ccc(N4CCN(CC5CCN(c6ccc(N7CCC(=O)NC7=O)cc6)CC5)CC4)cc2CC3)cc1. The van der Waals surface area contributed by atoms with Crippen molar-refractivity contribution in [3.05, 3.63) is 125 Å². The number of hydrogen-bond acceptors (Lipinski definition) is 10. The van der Waals surface area contributed by atoms with Crippen LogP contribution in [0.1, 0.15) is 64.1 Å². The van der Waals surface area contributed by atoms with E-state index in [2.05, 4.69) is 61.0 Å². The number of benzene rings is 5.